The van der Waals surface area contributed by atoms with Gasteiger partial charge in [-0.1, -0.05) is 37.3 Å². The molecule has 0 bridgehead atoms. The smallest absolute Gasteiger partial charge is 0.267 e. The molecule has 150 valence electrons. The van der Waals surface area contributed by atoms with E-state index in [1.165, 1.54) is 12.1 Å². The zero-order chi connectivity index (χ0) is 21.1. The van der Waals surface area contributed by atoms with Crippen LogP contribution in [0, 0.1) is 23.3 Å². The van der Waals surface area contributed by atoms with Crippen LogP contribution in [0.5, 0.6) is 0 Å². The van der Waals surface area contributed by atoms with Gasteiger partial charge in [0.15, 0.2) is 23.3 Å². The van der Waals surface area contributed by atoms with Crippen molar-refractivity contribution >= 4 is 11.6 Å². The molecule has 1 heterocycles. The second kappa shape index (κ2) is 8.26. The summed E-state index contributed by atoms with van der Waals surface area (Å²) in [7, 11) is 0. The monoisotopic (exact) mass is 405 g/mol. The normalized spacial score (nSPS) is 11.9. The molecule has 0 fully saturated rings. The first-order valence-corrected chi connectivity index (χ1v) is 8.62. The Labute approximate surface area is 162 Å². The van der Waals surface area contributed by atoms with Gasteiger partial charge in [0.05, 0.1) is 5.69 Å². The average molecular weight is 405 g/mol. The van der Waals surface area contributed by atoms with E-state index in [0.717, 1.165) is 4.68 Å². The zero-order valence-electron chi connectivity index (χ0n) is 15.1. The van der Waals surface area contributed by atoms with Crippen molar-refractivity contribution in [2.75, 3.05) is 5.32 Å². The highest BCUT2D eigenvalue weighted by Gasteiger charge is 2.26. The number of halogens is 4. The van der Waals surface area contributed by atoms with E-state index in [-0.39, 0.29) is 12.5 Å². The fourth-order valence-electron chi connectivity index (χ4n) is 2.77. The standard InChI is InChI=1S/C20H15F4N3O2/c1-2-15(20(29)25-19-17(23)12(21)10-13(22)18(19)24)27-16(28)9-8-14(26-27)11-6-4-3-5-7-11/h3-10,15H,2H2,1H3,(H,25,29). The Bertz CT molecular complexity index is 1090. The van der Waals surface area contributed by atoms with Gasteiger partial charge in [-0.2, -0.15) is 5.10 Å². The third kappa shape index (κ3) is 4.03. The summed E-state index contributed by atoms with van der Waals surface area (Å²) in [5, 5.41) is 5.99. The lowest BCUT2D eigenvalue weighted by molar-refractivity contribution is -0.119. The van der Waals surface area contributed by atoms with Gasteiger partial charge in [-0.05, 0) is 12.5 Å². The van der Waals surface area contributed by atoms with Crippen molar-refractivity contribution in [2.45, 2.75) is 19.4 Å². The number of hydrogen-bond donors (Lipinski definition) is 1. The predicted octanol–water partition coefficient (Wildman–Crippen LogP) is 4.06. The van der Waals surface area contributed by atoms with Crippen LogP contribution >= 0.6 is 0 Å². The SMILES string of the molecule is CCC(C(=O)Nc1c(F)c(F)cc(F)c1F)n1nc(-c2ccccc2)ccc1=O. The highest BCUT2D eigenvalue weighted by molar-refractivity contribution is 5.93. The maximum Gasteiger partial charge on any atom is 0.267 e. The maximum absolute atomic E-state index is 13.9. The van der Waals surface area contributed by atoms with E-state index in [4.69, 9.17) is 0 Å². The van der Waals surface area contributed by atoms with Crippen LogP contribution in [0.3, 0.4) is 0 Å². The Morgan fingerprint density at radius 1 is 1.03 bits per heavy atom. The predicted molar refractivity (Wildman–Crippen MR) is 98.2 cm³/mol. The molecule has 0 saturated heterocycles. The Balaban J connectivity index is 1.99. The van der Waals surface area contributed by atoms with Gasteiger partial charge in [0.2, 0.25) is 5.91 Å². The third-order valence-corrected chi connectivity index (χ3v) is 4.24. The van der Waals surface area contributed by atoms with Crippen LogP contribution in [0.1, 0.15) is 19.4 Å². The first-order chi connectivity index (χ1) is 13.8. The molecule has 3 aromatic rings. The molecule has 0 saturated carbocycles. The summed E-state index contributed by atoms with van der Waals surface area (Å²) >= 11 is 0. The minimum absolute atomic E-state index is 0.0258. The van der Waals surface area contributed by atoms with Crippen molar-refractivity contribution < 1.29 is 22.4 Å². The minimum Gasteiger partial charge on any atom is -0.319 e. The van der Waals surface area contributed by atoms with Crippen molar-refractivity contribution in [2.24, 2.45) is 0 Å². The van der Waals surface area contributed by atoms with Crippen molar-refractivity contribution in [3.63, 3.8) is 0 Å². The quantitative estimate of drug-likeness (QED) is 0.514. The summed E-state index contributed by atoms with van der Waals surface area (Å²) in [6.45, 7) is 1.55. The lowest BCUT2D eigenvalue weighted by Crippen LogP contribution is -2.35. The zero-order valence-corrected chi connectivity index (χ0v) is 15.1. The van der Waals surface area contributed by atoms with Gasteiger partial charge in [-0.15, -0.1) is 0 Å². The van der Waals surface area contributed by atoms with E-state index in [2.05, 4.69) is 5.10 Å². The summed E-state index contributed by atoms with van der Waals surface area (Å²) in [4.78, 5) is 24.8. The first kappa shape index (κ1) is 20.2. The van der Waals surface area contributed by atoms with Crippen LogP contribution in [0.15, 0.2) is 53.3 Å². The molecule has 1 unspecified atom stereocenters. The minimum atomic E-state index is -1.74. The topological polar surface area (TPSA) is 64.0 Å². The van der Waals surface area contributed by atoms with Gasteiger partial charge < -0.3 is 5.32 Å². The number of carbonyl (C=O) groups is 1. The van der Waals surface area contributed by atoms with Gasteiger partial charge in [-0.25, -0.2) is 22.2 Å². The van der Waals surface area contributed by atoms with E-state index >= 15 is 0 Å². The van der Waals surface area contributed by atoms with Gasteiger partial charge in [0.25, 0.3) is 5.56 Å². The lowest BCUT2D eigenvalue weighted by Gasteiger charge is -2.18. The number of carbonyl (C=O) groups excluding carboxylic acids is 1. The molecular formula is C20H15F4N3O2. The summed E-state index contributed by atoms with van der Waals surface area (Å²) < 4.78 is 55.3. The Morgan fingerprint density at radius 3 is 2.24 bits per heavy atom. The van der Waals surface area contributed by atoms with E-state index in [9.17, 15) is 27.2 Å². The molecule has 0 aliphatic carbocycles. The highest BCUT2D eigenvalue weighted by Crippen LogP contribution is 2.25. The Hall–Kier alpha value is -3.49. The van der Waals surface area contributed by atoms with E-state index in [1.54, 1.807) is 37.3 Å². The van der Waals surface area contributed by atoms with Crippen LogP contribution in [0.2, 0.25) is 0 Å². The van der Waals surface area contributed by atoms with Gasteiger partial charge in [0.1, 0.15) is 11.7 Å². The van der Waals surface area contributed by atoms with Crippen molar-refractivity contribution in [1.82, 2.24) is 9.78 Å². The number of hydrogen-bond acceptors (Lipinski definition) is 3. The number of benzene rings is 2. The van der Waals surface area contributed by atoms with Crippen LogP contribution in [-0.4, -0.2) is 15.7 Å². The molecule has 3 rings (SSSR count). The van der Waals surface area contributed by atoms with E-state index < -0.39 is 46.5 Å². The fraction of sp³-hybridized carbons (Fsp3) is 0.150. The van der Waals surface area contributed by atoms with Crippen molar-refractivity contribution in [1.29, 1.82) is 0 Å². The highest BCUT2D eigenvalue weighted by atomic mass is 19.2. The second-order valence-corrected chi connectivity index (χ2v) is 6.12. The number of rotatable bonds is 5. The van der Waals surface area contributed by atoms with E-state index in [0.29, 0.717) is 11.3 Å². The molecule has 1 aromatic heterocycles. The molecule has 1 N–H and O–H groups in total. The lowest BCUT2D eigenvalue weighted by atomic mass is 10.1. The fourth-order valence-corrected chi connectivity index (χ4v) is 2.77. The second-order valence-electron chi connectivity index (χ2n) is 6.12. The number of amides is 1. The number of nitrogens with zero attached hydrogens (tertiary/aromatic N) is 2. The van der Waals surface area contributed by atoms with Crippen LogP contribution in [-0.2, 0) is 4.79 Å². The molecule has 29 heavy (non-hydrogen) atoms. The Kier molecular flexibility index (Phi) is 5.76. The molecule has 1 amide bonds. The third-order valence-electron chi connectivity index (χ3n) is 4.24. The molecule has 0 aliphatic rings. The van der Waals surface area contributed by atoms with Gasteiger partial charge in [-0.3, -0.25) is 9.59 Å². The number of anilines is 1. The Morgan fingerprint density at radius 2 is 1.66 bits per heavy atom. The average Bonchev–Trinajstić information content (AvgIpc) is 2.72. The van der Waals surface area contributed by atoms with Crippen molar-refractivity contribution in [3.05, 3.63) is 82.2 Å². The molecule has 5 nitrogen and oxygen atoms in total. The molecule has 0 radical (unpaired) electrons. The van der Waals surface area contributed by atoms with E-state index in [1.807, 2.05) is 5.32 Å². The largest absolute Gasteiger partial charge is 0.319 e. The van der Waals surface area contributed by atoms with Crippen LogP contribution in [0.25, 0.3) is 11.3 Å². The molecule has 1 atom stereocenters. The number of nitrogens with one attached hydrogen (secondary N) is 1. The van der Waals surface area contributed by atoms with Gasteiger partial charge >= 0.3 is 0 Å². The first-order valence-electron chi connectivity index (χ1n) is 8.62. The molecule has 0 spiro atoms. The summed E-state index contributed by atoms with van der Waals surface area (Å²) in [5.41, 5.74) is -0.817. The van der Waals surface area contributed by atoms with Crippen LogP contribution < -0.4 is 10.9 Å². The summed E-state index contributed by atoms with van der Waals surface area (Å²) in [6, 6.07) is 10.3. The molecule has 2 aromatic carbocycles. The van der Waals surface area contributed by atoms with Gasteiger partial charge in [0, 0.05) is 17.7 Å². The summed E-state index contributed by atoms with van der Waals surface area (Å²) in [6.07, 6.45) is 0.0258. The van der Waals surface area contributed by atoms with Crippen molar-refractivity contribution in [3.8, 4) is 11.3 Å². The number of aromatic nitrogens is 2. The molecule has 0 aliphatic heterocycles. The summed E-state index contributed by atoms with van der Waals surface area (Å²) in [5.74, 6) is -7.85. The molecule has 9 heteroatoms. The van der Waals surface area contributed by atoms with Crippen LogP contribution in [0.4, 0.5) is 23.2 Å². The molecular weight excluding hydrogens is 390 g/mol. The maximum atomic E-state index is 13.9.